The lowest BCUT2D eigenvalue weighted by Crippen LogP contribution is -2.51. The van der Waals surface area contributed by atoms with E-state index in [4.69, 9.17) is 20.4 Å². The summed E-state index contributed by atoms with van der Waals surface area (Å²) in [6.07, 6.45) is 2.35. The summed E-state index contributed by atoms with van der Waals surface area (Å²) in [4.78, 5) is 12.6. The highest BCUT2D eigenvalue weighted by Crippen LogP contribution is 2.30. The monoisotopic (exact) mass is 303 g/mol. The van der Waals surface area contributed by atoms with Crippen molar-refractivity contribution in [3.05, 3.63) is 0 Å². The maximum absolute atomic E-state index is 12.6. The lowest BCUT2D eigenvalue weighted by atomic mass is 9.77. The van der Waals surface area contributed by atoms with Gasteiger partial charge in [0.15, 0.2) is 5.84 Å². The number of methoxy groups -OCH3 is 2. The fourth-order valence-corrected chi connectivity index (χ4v) is 2.45. The van der Waals surface area contributed by atoms with Crippen LogP contribution in [0, 0.1) is 5.41 Å². The number of ether oxygens (including phenoxy) is 2. The summed E-state index contributed by atoms with van der Waals surface area (Å²) >= 11 is 0. The van der Waals surface area contributed by atoms with E-state index >= 15 is 0 Å². The minimum atomic E-state index is -0.969. The van der Waals surface area contributed by atoms with Gasteiger partial charge < -0.3 is 25.7 Å². The lowest BCUT2D eigenvalue weighted by molar-refractivity contribution is -0.129. The van der Waals surface area contributed by atoms with E-state index in [1.54, 1.807) is 14.2 Å². The zero-order chi connectivity index (χ0) is 16.3. The molecule has 0 saturated heterocycles. The number of hydrogen-bond acceptors (Lipinski definition) is 5. The number of oxime groups is 1. The molecule has 1 atom stereocenters. The van der Waals surface area contributed by atoms with Crippen LogP contribution in [0.3, 0.4) is 0 Å². The molecule has 0 aliphatic heterocycles. The van der Waals surface area contributed by atoms with Gasteiger partial charge in [-0.05, 0) is 12.8 Å². The van der Waals surface area contributed by atoms with Crippen molar-refractivity contribution in [1.82, 2.24) is 5.32 Å². The zero-order valence-electron chi connectivity index (χ0n) is 13.5. The smallest absolute Gasteiger partial charge is 0.234 e. The maximum atomic E-state index is 12.6. The molecule has 0 aliphatic rings. The molecule has 0 saturated carbocycles. The SMILES string of the molecule is CCCC(CCC)(C(=O)NCC(COC)OC)C(N)=NO. The molecular formula is C14H29N3O4. The topological polar surface area (TPSA) is 106 Å². The number of carbonyl (C=O) groups is 1. The predicted molar refractivity (Wildman–Crippen MR) is 81.3 cm³/mol. The predicted octanol–water partition coefficient (Wildman–Crippen LogP) is 1.10. The van der Waals surface area contributed by atoms with E-state index < -0.39 is 5.41 Å². The molecule has 0 aliphatic carbocycles. The second kappa shape index (κ2) is 10.4. The quantitative estimate of drug-likeness (QED) is 0.229. The van der Waals surface area contributed by atoms with Gasteiger partial charge >= 0.3 is 0 Å². The third kappa shape index (κ3) is 5.51. The summed E-state index contributed by atoms with van der Waals surface area (Å²) in [6.45, 7) is 4.63. The van der Waals surface area contributed by atoms with E-state index in [1.807, 2.05) is 13.8 Å². The molecule has 0 radical (unpaired) electrons. The van der Waals surface area contributed by atoms with Gasteiger partial charge in [0, 0.05) is 20.8 Å². The van der Waals surface area contributed by atoms with E-state index in [9.17, 15) is 4.79 Å². The molecule has 0 spiro atoms. The van der Waals surface area contributed by atoms with E-state index in [0.717, 1.165) is 12.8 Å². The number of hydrogen-bond donors (Lipinski definition) is 3. The normalized spacial score (nSPS) is 14.0. The van der Waals surface area contributed by atoms with Crippen LogP contribution in [0.15, 0.2) is 5.16 Å². The number of nitrogens with one attached hydrogen (secondary N) is 1. The summed E-state index contributed by atoms with van der Waals surface area (Å²) in [5, 5.41) is 14.9. The fourth-order valence-electron chi connectivity index (χ4n) is 2.45. The first kappa shape index (κ1) is 19.7. The Balaban J connectivity index is 5.01. The molecule has 1 unspecified atom stereocenters. The number of amidine groups is 1. The van der Waals surface area contributed by atoms with E-state index in [-0.39, 0.29) is 17.8 Å². The van der Waals surface area contributed by atoms with Gasteiger partial charge in [0.2, 0.25) is 5.91 Å². The van der Waals surface area contributed by atoms with E-state index in [2.05, 4.69) is 10.5 Å². The van der Waals surface area contributed by atoms with Crippen LogP contribution in [0.25, 0.3) is 0 Å². The first-order valence-electron chi connectivity index (χ1n) is 7.30. The van der Waals surface area contributed by atoms with Crippen LogP contribution in [0.2, 0.25) is 0 Å². The average molecular weight is 303 g/mol. The Morgan fingerprint density at radius 2 is 1.90 bits per heavy atom. The molecule has 0 aromatic carbocycles. The third-order valence-corrected chi connectivity index (χ3v) is 3.56. The van der Waals surface area contributed by atoms with Crippen LogP contribution < -0.4 is 11.1 Å². The first-order chi connectivity index (χ1) is 10.0. The molecular weight excluding hydrogens is 274 g/mol. The second-order valence-corrected chi connectivity index (χ2v) is 5.09. The number of rotatable bonds is 11. The highest BCUT2D eigenvalue weighted by molar-refractivity contribution is 6.06. The number of amides is 1. The summed E-state index contributed by atoms with van der Waals surface area (Å²) in [7, 11) is 3.13. The molecule has 0 fully saturated rings. The molecule has 0 rings (SSSR count). The standard InChI is InChI=1S/C14H29N3O4/c1-5-7-14(8-6-2,12(15)17-19)13(18)16-9-11(21-4)10-20-3/h11,19H,5-10H2,1-4H3,(H2,15,17)(H,16,18). The van der Waals surface area contributed by atoms with Crippen LogP contribution in [-0.4, -0.2) is 50.4 Å². The molecule has 1 amide bonds. The van der Waals surface area contributed by atoms with E-state index in [0.29, 0.717) is 26.0 Å². The van der Waals surface area contributed by atoms with Gasteiger partial charge in [0.05, 0.1) is 12.7 Å². The van der Waals surface area contributed by atoms with Crippen LogP contribution in [-0.2, 0) is 14.3 Å². The Kier molecular flexibility index (Phi) is 9.73. The maximum Gasteiger partial charge on any atom is 0.234 e. The number of nitrogens with zero attached hydrogens (tertiary/aromatic N) is 1. The Labute approximate surface area is 126 Å². The van der Waals surface area contributed by atoms with Gasteiger partial charge in [-0.3, -0.25) is 4.79 Å². The van der Waals surface area contributed by atoms with Gasteiger partial charge in [-0.1, -0.05) is 31.8 Å². The molecule has 7 heteroatoms. The minimum absolute atomic E-state index is 0.0376. The Hall–Kier alpha value is -1.34. The third-order valence-electron chi connectivity index (χ3n) is 3.56. The molecule has 4 N–H and O–H groups in total. The Morgan fingerprint density at radius 3 is 2.29 bits per heavy atom. The molecule has 0 bridgehead atoms. The van der Waals surface area contributed by atoms with Gasteiger partial charge in [0.1, 0.15) is 5.41 Å². The number of nitrogens with two attached hydrogens (primary N) is 1. The van der Waals surface area contributed by atoms with Crippen molar-refractivity contribution >= 4 is 11.7 Å². The molecule has 0 aromatic rings. The average Bonchev–Trinajstić information content (AvgIpc) is 2.49. The van der Waals surface area contributed by atoms with Crippen molar-refractivity contribution in [2.24, 2.45) is 16.3 Å². The Morgan fingerprint density at radius 1 is 1.33 bits per heavy atom. The van der Waals surface area contributed by atoms with Gasteiger partial charge in [0.25, 0.3) is 0 Å². The van der Waals surface area contributed by atoms with Crippen molar-refractivity contribution in [3.63, 3.8) is 0 Å². The first-order valence-corrected chi connectivity index (χ1v) is 7.30. The van der Waals surface area contributed by atoms with Gasteiger partial charge in [-0.15, -0.1) is 0 Å². The largest absolute Gasteiger partial charge is 0.409 e. The summed E-state index contributed by atoms with van der Waals surface area (Å²) in [5.41, 5.74) is 4.84. The molecule has 7 nitrogen and oxygen atoms in total. The van der Waals surface area contributed by atoms with Crippen molar-refractivity contribution in [1.29, 1.82) is 0 Å². The van der Waals surface area contributed by atoms with Crippen LogP contribution in [0.1, 0.15) is 39.5 Å². The Bertz CT molecular complexity index is 328. The highest BCUT2D eigenvalue weighted by atomic mass is 16.5. The fraction of sp³-hybridized carbons (Fsp3) is 0.857. The van der Waals surface area contributed by atoms with Crippen molar-refractivity contribution in [2.75, 3.05) is 27.4 Å². The molecule has 124 valence electrons. The zero-order valence-corrected chi connectivity index (χ0v) is 13.5. The van der Waals surface area contributed by atoms with Crippen LogP contribution >= 0.6 is 0 Å². The van der Waals surface area contributed by atoms with Crippen molar-refractivity contribution in [3.8, 4) is 0 Å². The van der Waals surface area contributed by atoms with Gasteiger partial charge in [-0.2, -0.15) is 0 Å². The molecule has 21 heavy (non-hydrogen) atoms. The molecule has 0 heterocycles. The van der Waals surface area contributed by atoms with E-state index in [1.165, 1.54) is 0 Å². The van der Waals surface area contributed by atoms with Crippen molar-refractivity contribution < 1.29 is 19.5 Å². The minimum Gasteiger partial charge on any atom is -0.409 e. The summed E-state index contributed by atoms with van der Waals surface area (Å²) < 4.78 is 10.2. The summed E-state index contributed by atoms with van der Waals surface area (Å²) in [6, 6.07) is 0. The highest BCUT2D eigenvalue weighted by Gasteiger charge is 2.41. The number of carbonyl (C=O) groups excluding carboxylic acids is 1. The van der Waals surface area contributed by atoms with Crippen LogP contribution in [0.5, 0.6) is 0 Å². The summed E-state index contributed by atoms with van der Waals surface area (Å²) in [5.74, 6) is -0.274. The van der Waals surface area contributed by atoms with Crippen molar-refractivity contribution in [2.45, 2.75) is 45.6 Å². The molecule has 0 aromatic heterocycles. The second-order valence-electron chi connectivity index (χ2n) is 5.09. The lowest BCUT2D eigenvalue weighted by Gasteiger charge is -2.31. The van der Waals surface area contributed by atoms with Gasteiger partial charge in [-0.25, -0.2) is 0 Å². The van der Waals surface area contributed by atoms with Crippen LogP contribution in [0.4, 0.5) is 0 Å².